The molecule has 0 bridgehead atoms. The lowest BCUT2D eigenvalue weighted by atomic mass is 10.1. The third kappa shape index (κ3) is 2.84. The lowest BCUT2D eigenvalue weighted by molar-refractivity contribution is -0.136. The maximum absolute atomic E-state index is 9.90. The van der Waals surface area contributed by atoms with E-state index in [1.807, 2.05) is 0 Å². The number of carbonyl (C=O) groups excluding carboxylic acids is 1. The second-order valence-corrected chi connectivity index (χ2v) is 2.36. The van der Waals surface area contributed by atoms with Crippen LogP contribution in [0.1, 0.15) is 0 Å². The Labute approximate surface area is 68.7 Å². The summed E-state index contributed by atoms with van der Waals surface area (Å²) in [5.74, 6) is 0. The van der Waals surface area contributed by atoms with Crippen molar-refractivity contribution < 1.29 is 30.3 Å². The molecule has 6 nitrogen and oxygen atoms in total. The molecule has 12 heavy (non-hydrogen) atoms. The quantitative estimate of drug-likeness (QED) is 0.223. The van der Waals surface area contributed by atoms with Crippen LogP contribution >= 0.6 is 0 Å². The van der Waals surface area contributed by atoms with Gasteiger partial charge in [-0.05, 0) is 0 Å². The van der Waals surface area contributed by atoms with Crippen molar-refractivity contribution in [2.24, 2.45) is 0 Å². The molecule has 0 rings (SSSR count). The van der Waals surface area contributed by atoms with Crippen LogP contribution in [0.5, 0.6) is 0 Å². The fourth-order valence-corrected chi connectivity index (χ4v) is 0.618. The highest BCUT2D eigenvalue weighted by atomic mass is 16.4. The van der Waals surface area contributed by atoms with Gasteiger partial charge in [-0.1, -0.05) is 0 Å². The second-order valence-electron chi connectivity index (χ2n) is 2.36. The molecular weight excluding hydrogens is 169 g/mol. The van der Waals surface area contributed by atoms with E-state index < -0.39 is 31.0 Å². The summed E-state index contributed by atoms with van der Waals surface area (Å²) in [6, 6.07) is 0. The Morgan fingerprint density at radius 2 is 1.58 bits per heavy atom. The van der Waals surface area contributed by atoms with Gasteiger partial charge in [0.2, 0.25) is 0 Å². The van der Waals surface area contributed by atoms with E-state index >= 15 is 0 Å². The summed E-state index contributed by atoms with van der Waals surface area (Å²) in [5.41, 5.74) is 0. The van der Waals surface area contributed by atoms with Crippen molar-refractivity contribution in [1.29, 1.82) is 0 Å². The van der Waals surface area contributed by atoms with Gasteiger partial charge in [0.15, 0.2) is 6.29 Å². The molecule has 72 valence electrons. The first-order chi connectivity index (χ1) is 5.54. The van der Waals surface area contributed by atoms with Crippen molar-refractivity contribution in [3.8, 4) is 0 Å². The molecule has 0 aromatic rings. The predicted molar refractivity (Wildman–Crippen MR) is 37.2 cm³/mol. The summed E-state index contributed by atoms with van der Waals surface area (Å²) < 4.78 is 0. The van der Waals surface area contributed by atoms with E-state index in [1.165, 1.54) is 0 Å². The van der Waals surface area contributed by atoms with Gasteiger partial charge in [-0.3, -0.25) is 0 Å². The first kappa shape index (κ1) is 11.5. The molecule has 0 aliphatic rings. The van der Waals surface area contributed by atoms with Crippen LogP contribution in [0, 0.1) is 0 Å². The van der Waals surface area contributed by atoms with E-state index in [4.69, 9.17) is 25.5 Å². The van der Waals surface area contributed by atoms with E-state index in [1.54, 1.807) is 0 Å². The zero-order valence-electron chi connectivity index (χ0n) is 6.24. The first-order valence-electron chi connectivity index (χ1n) is 3.33. The van der Waals surface area contributed by atoms with E-state index in [9.17, 15) is 4.79 Å². The van der Waals surface area contributed by atoms with Crippen LogP contribution in [0.25, 0.3) is 0 Å². The highest BCUT2D eigenvalue weighted by molar-refractivity contribution is 5.56. The number of hydrogen-bond acceptors (Lipinski definition) is 6. The smallest absolute Gasteiger partial charge is 0.151 e. The van der Waals surface area contributed by atoms with Crippen LogP contribution in [0.4, 0.5) is 0 Å². The zero-order chi connectivity index (χ0) is 9.72. The van der Waals surface area contributed by atoms with Crippen molar-refractivity contribution in [3.05, 3.63) is 0 Å². The number of carbonyl (C=O) groups is 1. The third-order valence-electron chi connectivity index (χ3n) is 1.42. The van der Waals surface area contributed by atoms with Gasteiger partial charge >= 0.3 is 0 Å². The summed E-state index contributed by atoms with van der Waals surface area (Å²) in [6.45, 7) is -0.760. The number of hydrogen-bond donors (Lipinski definition) is 5. The Balaban J connectivity index is 4.07. The monoisotopic (exact) mass is 181 g/mol. The highest BCUT2D eigenvalue weighted by Crippen LogP contribution is 2.02. The molecule has 0 aromatic heterocycles. The molecule has 0 saturated heterocycles. The second kappa shape index (κ2) is 5.18. The van der Waals surface area contributed by atoms with E-state index in [0.29, 0.717) is 0 Å². The van der Waals surface area contributed by atoms with Crippen LogP contribution in [0.3, 0.4) is 0 Å². The standard InChI is InChI=1S/C6H12O6/c7-1-3(9)5(11)6(12)4(10)2-8/h1,3-6,8-12H,2H2/t3-,4-,5+,6-/m1/s1/i1+1. The summed E-state index contributed by atoms with van der Waals surface area (Å²) in [5, 5.41) is 43.5. The Bertz CT molecular complexity index is 138. The minimum atomic E-state index is -1.79. The average Bonchev–Trinajstić information content (AvgIpc) is 2.12. The largest absolute Gasteiger partial charge is 0.394 e. The van der Waals surface area contributed by atoms with Gasteiger partial charge in [0.1, 0.15) is 24.4 Å². The van der Waals surface area contributed by atoms with Gasteiger partial charge in [-0.25, -0.2) is 0 Å². The zero-order valence-corrected chi connectivity index (χ0v) is 6.24. The van der Waals surface area contributed by atoms with Crippen LogP contribution in [-0.4, -0.2) is 62.8 Å². The SMILES string of the molecule is O=[13CH][C@@H](O)[C@H](O)[C@H](O)[C@H](O)CO. The molecule has 0 heterocycles. The summed E-state index contributed by atoms with van der Waals surface area (Å²) in [7, 11) is 0. The number of aldehydes is 1. The summed E-state index contributed by atoms with van der Waals surface area (Å²) in [6.07, 6.45) is -6.84. The fraction of sp³-hybridized carbons (Fsp3) is 0.833. The lowest BCUT2D eigenvalue weighted by Gasteiger charge is -2.22. The van der Waals surface area contributed by atoms with Crippen molar-refractivity contribution in [2.45, 2.75) is 24.4 Å². The molecule has 0 fully saturated rings. The fourth-order valence-electron chi connectivity index (χ4n) is 0.618. The van der Waals surface area contributed by atoms with Crippen molar-refractivity contribution in [3.63, 3.8) is 0 Å². The minimum Gasteiger partial charge on any atom is -0.394 e. The molecule has 0 aliphatic carbocycles. The normalized spacial score (nSPS) is 21.1. The van der Waals surface area contributed by atoms with E-state index in [2.05, 4.69) is 0 Å². The molecule has 0 aliphatic heterocycles. The van der Waals surface area contributed by atoms with Crippen LogP contribution in [-0.2, 0) is 4.79 Å². The molecule has 6 heteroatoms. The van der Waals surface area contributed by atoms with Gasteiger partial charge in [-0.2, -0.15) is 0 Å². The maximum atomic E-state index is 9.90. The number of aliphatic hydroxyl groups is 5. The Morgan fingerprint density at radius 1 is 1.08 bits per heavy atom. The van der Waals surface area contributed by atoms with Gasteiger partial charge in [-0.15, -0.1) is 0 Å². The molecule has 0 amide bonds. The van der Waals surface area contributed by atoms with Crippen LogP contribution < -0.4 is 0 Å². The van der Waals surface area contributed by atoms with Crippen molar-refractivity contribution in [1.82, 2.24) is 0 Å². The lowest BCUT2D eigenvalue weighted by Crippen LogP contribution is -2.46. The first-order valence-corrected chi connectivity index (χ1v) is 3.33. The summed E-state index contributed by atoms with van der Waals surface area (Å²) >= 11 is 0. The average molecular weight is 181 g/mol. The number of aliphatic hydroxyl groups excluding tert-OH is 5. The van der Waals surface area contributed by atoms with Gasteiger partial charge in [0.05, 0.1) is 6.61 Å². The molecular formula is C6H12O6. The molecule has 0 radical (unpaired) electrons. The van der Waals surface area contributed by atoms with Gasteiger partial charge in [0.25, 0.3) is 0 Å². The predicted octanol–water partition coefficient (Wildman–Crippen LogP) is -3.38. The molecule has 4 atom stereocenters. The number of rotatable bonds is 5. The summed E-state index contributed by atoms with van der Waals surface area (Å²) in [4.78, 5) is 9.90. The third-order valence-corrected chi connectivity index (χ3v) is 1.42. The topological polar surface area (TPSA) is 118 Å². The highest BCUT2D eigenvalue weighted by Gasteiger charge is 2.29. The molecule has 0 unspecified atom stereocenters. The minimum absolute atomic E-state index is 0.0258. The Hall–Kier alpha value is -0.530. The molecule has 5 N–H and O–H groups in total. The molecule has 0 saturated carbocycles. The van der Waals surface area contributed by atoms with Crippen LogP contribution in [0.2, 0.25) is 0 Å². The van der Waals surface area contributed by atoms with Crippen LogP contribution in [0.15, 0.2) is 0 Å². The van der Waals surface area contributed by atoms with E-state index in [-0.39, 0.29) is 6.29 Å². The molecule has 0 spiro atoms. The Kier molecular flexibility index (Phi) is 4.95. The maximum Gasteiger partial charge on any atom is 0.151 e. The van der Waals surface area contributed by atoms with Gasteiger partial charge < -0.3 is 30.3 Å². The van der Waals surface area contributed by atoms with Crippen molar-refractivity contribution in [2.75, 3.05) is 6.61 Å². The molecule has 0 aromatic carbocycles. The Morgan fingerprint density at radius 3 is 1.92 bits per heavy atom. The van der Waals surface area contributed by atoms with Crippen molar-refractivity contribution >= 4 is 6.29 Å². The van der Waals surface area contributed by atoms with E-state index in [0.717, 1.165) is 0 Å². The van der Waals surface area contributed by atoms with Gasteiger partial charge in [0, 0.05) is 0 Å².